The minimum Gasteiger partial charge on any atom is -0.404 e. The Bertz CT molecular complexity index is 949. The van der Waals surface area contributed by atoms with Gasteiger partial charge in [0.25, 0.3) is 0 Å². The number of carbonyl (C=O) groups is 1. The molecule has 1 aliphatic carbocycles. The number of benzene rings is 2. The maximum Gasteiger partial charge on any atom is 0.150 e. The van der Waals surface area contributed by atoms with Gasteiger partial charge in [0.15, 0.2) is 6.29 Å². The molecule has 1 fully saturated rings. The van der Waals surface area contributed by atoms with Crippen LogP contribution in [0.2, 0.25) is 0 Å². The Hall–Kier alpha value is -2.66. The molecule has 2 aromatic carbocycles. The lowest BCUT2D eigenvalue weighted by atomic mass is 9.92. The van der Waals surface area contributed by atoms with Crippen molar-refractivity contribution in [2.75, 3.05) is 5.73 Å². The summed E-state index contributed by atoms with van der Waals surface area (Å²) in [5.74, 6) is 0. The van der Waals surface area contributed by atoms with Crippen LogP contribution in [0, 0.1) is 0 Å². The standard InChI is InChI=1S/C25H33N3O2/c1-25(2,3)30-21-10-8-20(9-11-21)28-15-17(14-26)13-18-7-12-23(27)24-19(16-29)5-4-6-22(18)24/h4-7,12,14-16,20-21H,8-11,13,26-27H2,1-3H3/b17-14-,28-15?. The van der Waals surface area contributed by atoms with E-state index in [2.05, 4.69) is 20.8 Å². The van der Waals surface area contributed by atoms with Crippen LogP contribution >= 0.6 is 0 Å². The Morgan fingerprint density at radius 3 is 2.53 bits per heavy atom. The number of nitrogens with zero attached hydrogens (tertiary/aromatic N) is 1. The number of rotatable bonds is 6. The number of nitrogens with two attached hydrogens (primary N) is 2. The fourth-order valence-corrected chi connectivity index (χ4v) is 4.16. The van der Waals surface area contributed by atoms with Crippen molar-refractivity contribution < 1.29 is 9.53 Å². The second kappa shape index (κ2) is 9.43. The zero-order valence-corrected chi connectivity index (χ0v) is 18.2. The average molecular weight is 408 g/mol. The molecule has 0 aromatic heterocycles. The molecular weight excluding hydrogens is 374 g/mol. The van der Waals surface area contributed by atoms with Crippen molar-refractivity contribution in [3.63, 3.8) is 0 Å². The molecule has 1 aliphatic rings. The lowest BCUT2D eigenvalue weighted by molar-refractivity contribution is -0.0747. The van der Waals surface area contributed by atoms with Crippen LogP contribution in [0.4, 0.5) is 5.69 Å². The van der Waals surface area contributed by atoms with Gasteiger partial charge in [-0.25, -0.2) is 0 Å². The zero-order chi connectivity index (χ0) is 21.7. The highest BCUT2D eigenvalue weighted by Crippen LogP contribution is 2.29. The lowest BCUT2D eigenvalue weighted by Gasteiger charge is -2.32. The normalized spacial score (nSPS) is 20.7. The Kier molecular flexibility index (Phi) is 6.93. The minimum absolute atomic E-state index is 0.0954. The third kappa shape index (κ3) is 5.48. The van der Waals surface area contributed by atoms with Crippen molar-refractivity contribution in [1.29, 1.82) is 0 Å². The van der Waals surface area contributed by atoms with Gasteiger partial charge in [-0.2, -0.15) is 0 Å². The number of fused-ring (bicyclic) bond motifs is 1. The van der Waals surface area contributed by atoms with Gasteiger partial charge in [-0.15, -0.1) is 0 Å². The number of carbonyl (C=O) groups excluding carboxylic acids is 1. The van der Waals surface area contributed by atoms with E-state index in [1.54, 1.807) is 12.3 Å². The topological polar surface area (TPSA) is 90.7 Å². The molecule has 0 amide bonds. The molecular formula is C25H33N3O2. The van der Waals surface area contributed by atoms with Crippen LogP contribution < -0.4 is 11.5 Å². The fraction of sp³-hybridized carbons (Fsp3) is 0.440. The van der Waals surface area contributed by atoms with Crippen molar-refractivity contribution in [2.45, 2.75) is 70.6 Å². The molecule has 5 heteroatoms. The molecule has 5 nitrogen and oxygen atoms in total. The molecule has 3 rings (SSSR count). The van der Waals surface area contributed by atoms with E-state index in [0.29, 0.717) is 29.8 Å². The number of ether oxygens (including phenoxy) is 1. The summed E-state index contributed by atoms with van der Waals surface area (Å²) < 4.78 is 6.10. The first-order valence-electron chi connectivity index (χ1n) is 10.7. The quantitative estimate of drug-likeness (QED) is 0.408. The SMILES string of the molecule is CC(C)(C)OC1CCC(N=C/C(=C\N)Cc2ccc(N)c3c(C=O)cccc23)CC1. The highest BCUT2D eigenvalue weighted by molar-refractivity contribution is 6.06. The van der Waals surface area contributed by atoms with Crippen molar-refractivity contribution in [3.8, 4) is 0 Å². The molecule has 160 valence electrons. The van der Waals surface area contributed by atoms with Gasteiger partial charge < -0.3 is 16.2 Å². The highest BCUT2D eigenvalue weighted by atomic mass is 16.5. The molecule has 2 aromatic rings. The van der Waals surface area contributed by atoms with Crippen molar-refractivity contribution in [3.05, 3.63) is 53.2 Å². The number of hydrogen-bond acceptors (Lipinski definition) is 5. The Labute approximate surface area is 179 Å². The lowest BCUT2D eigenvalue weighted by Crippen LogP contribution is -2.31. The number of allylic oxidation sites excluding steroid dienone is 1. The smallest absolute Gasteiger partial charge is 0.150 e. The predicted molar refractivity (Wildman–Crippen MR) is 125 cm³/mol. The van der Waals surface area contributed by atoms with Gasteiger partial charge in [0.2, 0.25) is 0 Å². The maximum absolute atomic E-state index is 11.4. The summed E-state index contributed by atoms with van der Waals surface area (Å²) in [4.78, 5) is 16.2. The molecule has 0 heterocycles. The molecule has 0 radical (unpaired) electrons. The average Bonchev–Trinajstić information content (AvgIpc) is 2.72. The molecule has 0 atom stereocenters. The van der Waals surface area contributed by atoms with Crippen LogP contribution in [0.3, 0.4) is 0 Å². The summed E-state index contributed by atoms with van der Waals surface area (Å²) in [7, 11) is 0. The highest BCUT2D eigenvalue weighted by Gasteiger charge is 2.25. The van der Waals surface area contributed by atoms with Gasteiger partial charge in [-0.3, -0.25) is 9.79 Å². The number of aliphatic imine (C=N–C) groups is 1. The number of anilines is 1. The molecule has 0 bridgehead atoms. The largest absolute Gasteiger partial charge is 0.404 e. The van der Waals surface area contributed by atoms with E-state index in [1.165, 1.54) is 0 Å². The first-order valence-corrected chi connectivity index (χ1v) is 10.7. The summed E-state index contributed by atoms with van der Waals surface area (Å²) in [6, 6.07) is 9.83. The maximum atomic E-state index is 11.4. The summed E-state index contributed by atoms with van der Waals surface area (Å²) in [5, 5.41) is 1.78. The number of nitrogen functional groups attached to an aromatic ring is 1. The van der Waals surface area contributed by atoms with Crippen LogP contribution in [-0.4, -0.2) is 30.2 Å². The zero-order valence-electron chi connectivity index (χ0n) is 18.2. The minimum atomic E-state index is -0.0954. The third-order valence-corrected chi connectivity index (χ3v) is 5.55. The molecule has 4 N–H and O–H groups in total. The Morgan fingerprint density at radius 1 is 1.17 bits per heavy atom. The Morgan fingerprint density at radius 2 is 1.90 bits per heavy atom. The van der Waals surface area contributed by atoms with Crippen LogP contribution in [0.15, 0.2) is 47.1 Å². The second-order valence-corrected chi connectivity index (χ2v) is 9.06. The van der Waals surface area contributed by atoms with Crippen molar-refractivity contribution >= 4 is 29.0 Å². The monoisotopic (exact) mass is 407 g/mol. The molecule has 1 saturated carbocycles. The second-order valence-electron chi connectivity index (χ2n) is 9.06. The van der Waals surface area contributed by atoms with E-state index in [-0.39, 0.29) is 5.60 Å². The van der Waals surface area contributed by atoms with Gasteiger partial charge in [-0.1, -0.05) is 24.3 Å². The molecule has 30 heavy (non-hydrogen) atoms. The van der Waals surface area contributed by atoms with Crippen LogP contribution in [-0.2, 0) is 11.2 Å². The summed E-state index contributed by atoms with van der Waals surface area (Å²) >= 11 is 0. The summed E-state index contributed by atoms with van der Waals surface area (Å²) in [6.45, 7) is 6.32. The van der Waals surface area contributed by atoms with E-state index in [9.17, 15) is 4.79 Å². The summed E-state index contributed by atoms with van der Waals surface area (Å²) in [5.41, 5.74) is 15.2. The first-order chi connectivity index (χ1) is 14.3. The Balaban J connectivity index is 1.69. The van der Waals surface area contributed by atoms with Gasteiger partial charge in [-0.05, 0) is 75.2 Å². The van der Waals surface area contributed by atoms with E-state index < -0.39 is 0 Å². The van der Waals surface area contributed by atoms with E-state index >= 15 is 0 Å². The van der Waals surface area contributed by atoms with Crippen LogP contribution in [0.25, 0.3) is 10.8 Å². The van der Waals surface area contributed by atoms with Crippen LogP contribution in [0.1, 0.15) is 62.4 Å². The molecule has 0 saturated heterocycles. The molecule has 0 unspecified atom stereocenters. The number of aldehydes is 1. The van der Waals surface area contributed by atoms with E-state index in [4.69, 9.17) is 21.2 Å². The first kappa shape index (κ1) is 22.0. The van der Waals surface area contributed by atoms with Crippen molar-refractivity contribution in [2.24, 2.45) is 10.7 Å². The molecule has 0 spiro atoms. The van der Waals surface area contributed by atoms with Gasteiger partial charge >= 0.3 is 0 Å². The van der Waals surface area contributed by atoms with Gasteiger partial charge in [0, 0.05) is 29.3 Å². The molecule has 0 aliphatic heterocycles. The van der Waals surface area contributed by atoms with Gasteiger partial charge in [0.05, 0.1) is 17.7 Å². The van der Waals surface area contributed by atoms with Crippen molar-refractivity contribution in [1.82, 2.24) is 0 Å². The van der Waals surface area contributed by atoms with E-state index in [0.717, 1.165) is 53.9 Å². The number of hydrogen-bond donors (Lipinski definition) is 2. The summed E-state index contributed by atoms with van der Waals surface area (Å²) in [6.07, 6.45) is 9.48. The fourth-order valence-electron chi connectivity index (χ4n) is 4.16. The van der Waals surface area contributed by atoms with Crippen LogP contribution in [0.5, 0.6) is 0 Å². The van der Waals surface area contributed by atoms with E-state index in [1.807, 2.05) is 30.5 Å². The predicted octanol–water partition coefficient (Wildman–Crippen LogP) is 4.82. The van der Waals surface area contributed by atoms with Gasteiger partial charge in [0.1, 0.15) is 0 Å². The third-order valence-electron chi connectivity index (χ3n) is 5.55.